The molecule has 0 radical (unpaired) electrons. The number of benzene rings is 1. The van der Waals surface area contributed by atoms with Crippen molar-refractivity contribution in [1.29, 1.82) is 0 Å². The van der Waals surface area contributed by atoms with Gasteiger partial charge in [0.25, 0.3) is 0 Å². The zero-order chi connectivity index (χ0) is 19.5. The van der Waals surface area contributed by atoms with Gasteiger partial charge in [0, 0.05) is 18.3 Å². The molecule has 0 saturated heterocycles. The predicted molar refractivity (Wildman–Crippen MR) is 104 cm³/mol. The molecule has 0 aliphatic carbocycles. The quantitative estimate of drug-likeness (QED) is 0.480. The molecule has 28 heavy (non-hydrogen) atoms. The summed E-state index contributed by atoms with van der Waals surface area (Å²) in [6.45, 7) is 6.28. The van der Waals surface area contributed by atoms with Gasteiger partial charge in [-0.2, -0.15) is 0 Å². The van der Waals surface area contributed by atoms with Crippen molar-refractivity contribution in [2.75, 3.05) is 12.1 Å². The van der Waals surface area contributed by atoms with Crippen molar-refractivity contribution in [2.24, 2.45) is 0 Å². The van der Waals surface area contributed by atoms with Gasteiger partial charge in [0.1, 0.15) is 0 Å². The van der Waals surface area contributed by atoms with Crippen LogP contribution in [0, 0.1) is 0 Å². The molecular weight excluding hydrogens is 380 g/mol. The van der Waals surface area contributed by atoms with E-state index in [0.717, 1.165) is 0 Å². The van der Waals surface area contributed by atoms with Crippen LogP contribution in [0.1, 0.15) is 6.92 Å². The number of ether oxygens (including phenoxy) is 2. The summed E-state index contributed by atoms with van der Waals surface area (Å²) in [6.07, 6.45) is 3.33. The summed E-state index contributed by atoms with van der Waals surface area (Å²) in [6, 6.07) is 8.89. The second-order valence-electron chi connectivity index (χ2n) is 6.00. The Morgan fingerprint density at radius 3 is 3.00 bits per heavy atom. The van der Waals surface area contributed by atoms with E-state index in [1.165, 1.54) is 11.8 Å². The minimum atomic E-state index is -0.400. The molecule has 1 atom stereocenters. The number of hydrogen-bond acceptors (Lipinski definition) is 7. The number of carbonyl (C=O) groups excluding carboxylic acids is 1. The summed E-state index contributed by atoms with van der Waals surface area (Å²) >= 11 is 1.31. The highest BCUT2D eigenvalue weighted by Gasteiger charge is 2.22. The fourth-order valence-electron chi connectivity index (χ4n) is 2.69. The third-order valence-electron chi connectivity index (χ3n) is 4.06. The van der Waals surface area contributed by atoms with Gasteiger partial charge >= 0.3 is 0 Å². The first-order valence-corrected chi connectivity index (χ1v) is 9.49. The molecule has 1 aliphatic heterocycles. The first-order valence-electron chi connectivity index (χ1n) is 8.61. The highest BCUT2D eigenvalue weighted by molar-refractivity contribution is 8.00. The lowest BCUT2D eigenvalue weighted by atomic mass is 10.2. The van der Waals surface area contributed by atoms with Crippen molar-refractivity contribution in [3.63, 3.8) is 0 Å². The lowest BCUT2D eigenvalue weighted by Crippen LogP contribution is -2.23. The van der Waals surface area contributed by atoms with Crippen LogP contribution in [0.15, 0.2) is 58.8 Å². The Hall–Kier alpha value is -3.20. The van der Waals surface area contributed by atoms with E-state index in [-0.39, 0.29) is 12.7 Å². The van der Waals surface area contributed by atoms with Gasteiger partial charge in [0.15, 0.2) is 22.4 Å². The van der Waals surface area contributed by atoms with Crippen LogP contribution in [0.4, 0.5) is 5.69 Å². The molecule has 2 aromatic heterocycles. The third kappa shape index (κ3) is 3.61. The number of carbonyl (C=O) groups is 1. The van der Waals surface area contributed by atoms with Crippen molar-refractivity contribution >= 4 is 23.4 Å². The molecule has 1 unspecified atom stereocenters. The molecule has 0 bridgehead atoms. The van der Waals surface area contributed by atoms with Crippen LogP contribution in [0.3, 0.4) is 0 Å². The number of hydrogen-bond donors (Lipinski definition) is 1. The zero-order valence-electron chi connectivity index (χ0n) is 15.1. The lowest BCUT2D eigenvalue weighted by Gasteiger charge is -2.13. The van der Waals surface area contributed by atoms with E-state index in [1.54, 1.807) is 36.6 Å². The molecule has 3 aromatic rings. The van der Waals surface area contributed by atoms with Crippen LogP contribution in [0.2, 0.25) is 0 Å². The van der Waals surface area contributed by atoms with Crippen LogP contribution in [0.5, 0.6) is 11.5 Å². The number of anilines is 1. The summed E-state index contributed by atoms with van der Waals surface area (Å²) in [5.74, 6) is 2.33. The standard InChI is InChI=1S/C19H18N4O4S/c1-3-8-23-17(15-5-4-9-25-15)21-22-19(23)28-12(2)18(24)20-13-6-7-14-16(10-13)27-11-26-14/h3-7,9-10,12H,1,8,11H2,2H3,(H,20,24). The molecule has 144 valence electrons. The van der Waals surface area contributed by atoms with Gasteiger partial charge < -0.3 is 19.2 Å². The Bertz CT molecular complexity index is 1000. The van der Waals surface area contributed by atoms with Crippen LogP contribution in [0.25, 0.3) is 11.6 Å². The number of allylic oxidation sites excluding steroid dienone is 1. The Balaban J connectivity index is 1.47. The van der Waals surface area contributed by atoms with Crippen molar-refractivity contribution in [2.45, 2.75) is 23.9 Å². The molecule has 1 N–H and O–H groups in total. The highest BCUT2D eigenvalue weighted by Crippen LogP contribution is 2.34. The number of furan rings is 1. The molecule has 3 heterocycles. The average Bonchev–Trinajstić information content (AvgIpc) is 3.42. The summed E-state index contributed by atoms with van der Waals surface area (Å²) < 4.78 is 17.9. The molecule has 0 fully saturated rings. The number of amides is 1. The monoisotopic (exact) mass is 398 g/mol. The maximum Gasteiger partial charge on any atom is 0.237 e. The molecular formula is C19H18N4O4S. The number of fused-ring (bicyclic) bond motifs is 1. The first kappa shape index (κ1) is 18.2. The van der Waals surface area contributed by atoms with Crippen molar-refractivity contribution < 1.29 is 18.7 Å². The molecule has 1 amide bonds. The third-order valence-corrected chi connectivity index (χ3v) is 5.14. The van der Waals surface area contributed by atoms with Crippen LogP contribution in [-0.2, 0) is 11.3 Å². The van der Waals surface area contributed by atoms with E-state index in [2.05, 4.69) is 22.1 Å². The zero-order valence-corrected chi connectivity index (χ0v) is 15.9. The summed E-state index contributed by atoms with van der Waals surface area (Å²) in [5.41, 5.74) is 0.644. The lowest BCUT2D eigenvalue weighted by molar-refractivity contribution is -0.115. The average molecular weight is 398 g/mol. The molecule has 0 spiro atoms. The van der Waals surface area contributed by atoms with Crippen LogP contribution in [-0.4, -0.2) is 32.7 Å². The second kappa shape index (κ2) is 7.81. The Morgan fingerprint density at radius 1 is 1.36 bits per heavy atom. The Labute approximate surface area is 165 Å². The summed E-state index contributed by atoms with van der Waals surface area (Å²) in [5, 5.41) is 11.5. The van der Waals surface area contributed by atoms with Crippen LogP contribution < -0.4 is 14.8 Å². The molecule has 1 aromatic carbocycles. The van der Waals surface area contributed by atoms with Gasteiger partial charge in [0.05, 0.1) is 11.5 Å². The fraction of sp³-hybridized carbons (Fsp3) is 0.211. The molecule has 9 heteroatoms. The van der Waals surface area contributed by atoms with Gasteiger partial charge in [-0.05, 0) is 31.2 Å². The molecule has 0 saturated carbocycles. The fourth-order valence-corrected chi connectivity index (χ4v) is 3.55. The highest BCUT2D eigenvalue weighted by atomic mass is 32.2. The van der Waals surface area contributed by atoms with Crippen molar-refractivity contribution in [3.8, 4) is 23.1 Å². The number of aromatic nitrogens is 3. The van der Waals surface area contributed by atoms with Crippen molar-refractivity contribution in [3.05, 3.63) is 49.2 Å². The number of nitrogens with one attached hydrogen (secondary N) is 1. The van der Waals surface area contributed by atoms with E-state index >= 15 is 0 Å². The van der Waals surface area contributed by atoms with E-state index in [4.69, 9.17) is 13.9 Å². The maximum absolute atomic E-state index is 12.6. The summed E-state index contributed by atoms with van der Waals surface area (Å²) in [7, 11) is 0. The van der Waals surface area contributed by atoms with Gasteiger partial charge in [-0.3, -0.25) is 9.36 Å². The maximum atomic E-state index is 12.6. The molecule has 4 rings (SSSR count). The smallest absolute Gasteiger partial charge is 0.237 e. The molecule has 1 aliphatic rings. The van der Waals surface area contributed by atoms with Gasteiger partial charge in [-0.1, -0.05) is 17.8 Å². The predicted octanol–water partition coefficient (Wildman–Crippen LogP) is 3.57. The van der Waals surface area contributed by atoms with Gasteiger partial charge in [-0.25, -0.2) is 0 Å². The molecule has 8 nitrogen and oxygen atoms in total. The number of nitrogens with zero attached hydrogens (tertiary/aromatic N) is 3. The topological polar surface area (TPSA) is 91.4 Å². The minimum absolute atomic E-state index is 0.156. The second-order valence-corrected chi connectivity index (χ2v) is 7.31. The van der Waals surface area contributed by atoms with E-state index in [1.807, 2.05) is 17.6 Å². The number of rotatable bonds is 7. The normalized spacial score (nSPS) is 13.3. The largest absolute Gasteiger partial charge is 0.461 e. The van der Waals surface area contributed by atoms with Crippen molar-refractivity contribution in [1.82, 2.24) is 14.8 Å². The number of thioether (sulfide) groups is 1. The van der Waals surface area contributed by atoms with Gasteiger partial charge in [-0.15, -0.1) is 16.8 Å². The Kier molecular flexibility index (Phi) is 5.07. The van der Waals surface area contributed by atoms with Gasteiger partial charge in [0.2, 0.25) is 18.5 Å². The minimum Gasteiger partial charge on any atom is -0.461 e. The SMILES string of the molecule is C=CCn1c(SC(C)C(=O)Nc2ccc3c(c2)OCO3)nnc1-c1ccco1. The van der Waals surface area contributed by atoms with E-state index < -0.39 is 5.25 Å². The summed E-state index contributed by atoms with van der Waals surface area (Å²) in [4.78, 5) is 12.6. The van der Waals surface area contributed by atoms with E-state index in [9.17, 15) is 4.79 Å². The first-order chi connectivity index (χ1) is 13.7. The van der Waals surface area contributed by atoms with E-state index in [0.29, 0.717) is 40.5 Å². The Morgan fingerprint density at radius 2 is 2.21 bits per heavy atom. The van der Waals surface area contributed by atoms with Crippen LogP contribution >= 0.6 is 11.8 Å².